The van der Waals surface area contributed by atoms with Gasteiger partial charge in [-0.1, -0.05) is 18.2 Å². The van der Waals surface area contributed by atoms with Crippen molar-refractivity contribution in [3.63, 3.8) is 0 Å². The molecule has 0 fully saturated rings. The molecule has 0 aliphatic rings. The van der Waals surface area contributed by atoms with Crippen LogP contribution < -0.4 is 5.32 Å². The Morgan fingerprint density at radius 2 is 1.92 bits per heavy atom. The first kappa shape index (κ1) is 11.0. The van der Waals surface area contributed by atoms with E-state index in [1.54, 1.807) is 12.2 Å². The van der Waals surface area contributed by atoms with Gasteiger partial charge in [-0.05, 0) is 27.7 Å². The number of rotatable bonds is 3. The zero-order valence-corrected chi connectivity index (χ0v) is 8.22. The third kappa shape index (κ3) is 3.96. The molecule has 0 aliphatic heterocycles. The summed E-state index contributed by atoms with van der Waals surface area (Å²) in [6, 6.07) is 0.192. The number of allylic oxidation sites excluding steroid dienone is 2. The smallest absolute Gasteiger partial charge is 0.251 e. The van der Waals surface area contributed by atoms with Crippen LogP contribution in [-0.2, 0) is 4.79 Å². The Kier molecular flexibility index (Phi) is 5.09. The molecule has 1 N–H and O–H groups in total. The average molecular weight is 167 g/mol. The van der Waals surface area contributed by atoms with Gasteiger partial charge in [0, 0.05) is 11.6 Å². The second-order valence-electron chi connectivity index (χ2n) is 2.87. The molecule has 0 bridgehead atoms. The maximum atomic E-state index is 11.3. The number of carbonyl (C=O) groups excluding carboxylic acids is 1. The molecule has 2 nitrogen and oxygen atoms in total. The molecule has 12 heavy (non-hydrogen) atoms. The van der Waals surface area contributed by atoms with Gasteiger partial charge in [-0.2, -0.15) is 0 Å². The lowest BCUT2D eigenvalue weighted by Gasteiger charge is -2.07. The van der Waals surface area contributed by atoms with E-state index in [1.807, 2.05) is 33.8 Å². The molecule has 0 atom stereocenters. The molecule has 0 aromatic rings. The van der Waals surface area contributed by atoms with Crippen molar-refractivity contribution in [2.75, 3.05) is 0 Å². The van der Waals surface area contributed by atoms with Gasteiger partial charge in [-0.15, -0.1) is 0 Å². The fourth-order valence-corrected chi connectivity index (χ4v) is 0.828. The van der Waals surface area contributed by atoms with Crippen molar-refractivity contribution < 1.29 is 4.79 Å². The average Bonchev–Trinajstić information content (AvgIpc) is 1.98. The van der Waals surface area contributed by atoms with Gasteiger partial charge in [0.25, 0.3) is 5.91 Å². The molecule has 0 unspecified atom stereocenters. The number of amides is 1. The summed E-state index contributed by atoms with van der Waals surface area (Å²) in [5.41, 5.74) is 0.714. The van der Waals surface area contributed by atoms with E-state index in [9.17, 15) is 4.79 Å². The molecule has 0 radical (unpaired) electrons. The molecular formula is C10H17NO. The maximum absolute atomic E-state index is 11.3. The van der Waals surface area contributed by atoms with Crippen molar-refractivity contribution in [1.29, 1.82) is 0 Å². The SMILES string of the molecule is CC=CC(=CC)C(=O)NC(C)C. The highest BCUT2D eigenvalue weighted by molar-refractivity contribution is 5.96. The molecule has 0 saturated carbocycles. The van der Waals surface area contributed by atoms with E-state index in [1.165, 1.54) is 0 Å². The third-order valence-corrected chi connectivity index (χ3v) is 1.34. The van der Waals surface area contributed by atoms with Crippen LogP contribution in [0.25, 0.3) is 0 Å². The first-order valence-corrected chi connectivity index (χ1v) is 4.21. The molecule has 0 spiro atoms. The van der Waals surface area contributed by atoms with E-state index in [2.05, 4.69) is 5.32 Å². The summed E-state index contributed by atoms with van der Waals surface area (Å²) in [5.74, 6) is -0.00870. The zero-order valence-electron chi connectivity index (χ0n) is 8.22. The second-order valence-corrected chi connectivity index (χ2v) is 2.87. The van der Waals surface area contributed by atoms with Crippen LogP contribution in [0.5, 0.6) is 0 Å². The minimum atomic E-state index is -0.00870. The summed E-state index contributed by atoms with van der Waals surface area (Å²) in [6.07, 6.45) is 5.46. The third-order valence-electron chi connectivity index (χ3n) is 1.34. The Balaban J connectivity index is 4.24. The largest absolute Gasteiger partial charge is 0.350 e. The Morgan fingerprint density at radius 3 is 2.25 bits per heavy atom. The van der Waals surface area contributed by atoms with E-state index >= 15 is 0 Å². The van der Waals surface area contributed by atoms with Gasteiger partial charge in [0.2, 0.25) is 0 Å². The summed E-state index contributed by atoms with van der Waals surface area (Å²) >= 11 is 0. The number of nitrogens with one attached hydrogen (secondary N) is 1. The van der Waals surface area contributed by atoms with Crippen LogP contribution in [0.3, 0.4) is 0 Å². The van der Waals surface area contributed by atoms with Gasteiger partial charge < -0.3 is 5.32 Å². The fraction of sp³-hybridized carbons (Fsp3) is 0.500. The molecule has 0 heterocycles. The van der Waals surface area contributed by atoms with Gasteiger partial charge in [0.1, 0.15) is 0 Å². The highest BCUT2D eigenvalue weighted by atomic mass is 16.1. The fourth-order valence-electron chi connectivity index (χ4n) is 0.828. The Labute approximate surface area is 74.4 Å². The summed E-state index contributed by atoms with van der Waals surface area (Å²) in [6.45, 7) is 7.64. The van der Waals surface area contributed by atoms with E-state index in [4.69, 9.17) is 0 Å². The number of carbonyl (C=O) groups is 1. The topological polar surface area (TPSA) is 29.1 Å². The quantitative estimate of drug-likeness (QED) is 0.505. The van der Waals surface area contributed by atoms with Crippen molar-refractivity contribution >= 4 is 5.91 Å². The van der Waals surface area contributed by atoms with E-state index in [-0.39, 0.29) is 11.9 Å². The summed E-state index contributed by atoms with van der Waals surface area (Å²) in [4.78, 5) is 11.3. The normalized spacial score (nSPS) is 12.6. The van der Waals surface area contributed by atoms with Crippen molar-refractivity contribution in [2.45, 2.75) is 33.7 Å². The van der Waals surface area contributed by atoms with Crippen LogP contribution in [0.2, 0.25) is 0 Å². The van der Waals surface area contributed by atoms with Crippen molar-refractivity contribution in [1.82, 2.24) is 5.32 Å². The van der Waals surface area contributed by atoms with Crippen molar-refractivity contribution in [2.24, 2.45) is 0 Å². The highest BCUT2D eigenvalue weighted by Crippen LogP contribution is 1.97. The zero-order chi connectivity index (χ0) is 9.56. The van der Waals surface area contributed by atoms with Crippen LogP contribution in [0.15, 0.2) is 23.8 Å². The van der Waals surface area contributed by atoms with Gasteiger partial charge in [0.15, 0.2) is 0 Å². The van der Waals surface area contributed by atoms with Crippen LogP contribution >= 0.6 is 0 Å². The van der Waals surface area contributed by atoms with E-state index < -0.39 is 0 Å². The lowest BCUT2D eigenvalue weighted by atomic mass is 10.2. The first-order chi connectivity index (χ1) is 5.61. The Hall–Kier alpha value is -1.05. The molecule has 1 amide bonds. The van der Waals surface area contributed by atoms with E-state index in [0.29, 0.717) is 5.57 Å². The molecule has 68 valence electrons. The lowest BCUT2D eigenvalue weighted by Crippen LogP contribution is -2.30. The van der Waals surface area contributed by atoms with Gasteiger partial charge in [0.05, 0.1) is 0 Å². The van der Waals surface area contributed by atoms with E-state index in [0.717, 1.165) is 0 Å². The van der Waals surface area contributed by atoms with Crippen molar-refractivity contribution in [3.8, 4) is 0 Å². The molecule has 0 rings (SSSR count). The predicted octanol–water partition coefficient (Wildman–Crippen LogP) is 2.03. The van der Waals surface area contributed by atoms with Gasteiger partial charge in [-0.25, -0.2) is 0 Å². The predicted molar refractivity (Wildman–Crippen MR) is 51.8 cm³/mol. The first-order valence-electron chi connectivity index (χ1n) is 4.21. The van der Waals surface area contributed by atoms with Crippen LogP contribution in [0.1, 0.15) is 27.7 Å². The van der Waals surface area contributed by atoms with Gasteiger partial charge >= 0.3 is 0 Å². The summed E-state index contributed by atoms with van der Waals surface area (Å²) in [5, 5.41) is 2.82. The van der Waals surface area contributed by atoms with Crippen molar-refractivity contribution in [3.05, 3.63) is 23.8 Å². The summed E-state index contributed by atoms with van der Waals surface area (Å²) in [7, 11) is 0. The summed E-state index contributed by atoms with van der Waals surface area (Å²) < 4.78 is 0. The van der Waals surface area contributed by atoms with Crippen LogP contribution in [-0.4, -0.2) is 11.9 Å². The number of hydrogen-bond donors (Lipinski definition) is 1. The minimum Gasteiger partial charge on any atom is -0.350 e. The monoisotopic (exact) mass is 167 g/mol. The van der Waals surface area contributed by atoms with Crippen LogP contribution in [0.4, 0.5) is 0 Å². The minimum absolute atomic E-state index is 0.00870. The van der Waals surface area contributed by atoms with Gasteiger partial charge in [-0.3, -0.25) is 4.79 Å². The lowest BCUT2D eigenvalue weighted by molar-refractivity contribution is -0.117. The molecule has 2 heteroatoms. The molecule has 0 aliphatic carbocycles. The Morgan fingerprint density at radius 1 is 1.33 bits per heavy atom. The molecule has 0 aromatic heterocycles. The Bertz CT molecular complexity index is 202. The standard InChI is InChI=1S/C10H17NO/c1-5-7-9(6-2)10(12)11-8(3)4/h5-8H,1-4H3,(H,11,12). The van der Waals surface area contributed by atoms with Crippen LogP contribution in [0, 0.1) is 0 Å². The molecule has 0 aromatic carbocycles. The second kappa shape index (κ2) is 5.58. The maximum Gasteiger partial charge on any atom is 0.251 e. The number of hydrogen-bond acceptors (Lipinski definition) is 1. The highest BCUT2D eigenvalue weighted by Gasteiger charge is 2.04. The molecular weight excluding hydrogens is 150 g/mol. The molecule has 0 saturated heterocycles.